The number of ketones is 1. The van der Waals surface area contributed by atoms with E-state index in [-0.39, 0.29) is 6.54 Å². The molecule has 3 nitrogen and oxygen atoms in total. The molecule has 0 saturated carbocycles. The summed E-state index contributed by atoms with van der Waals surface area (Å²) in [7, 11) is 0. The van der Waals surface area contributed by atoms with Crippen molar-refractivity contribution in [3.05, 3.63) is 12.3 Å². The molecule has 0 saturated heterocycles. The lowest BCUT2D eigenvalue weighted by molar-refractivity contribution is -0.165. The summed E-state index contributed by atoms with van der Waals surface area (Å²) < 4.78 is 34.4. The third kappa shape index (κ3) is 4.33. The van der Waals surface area contributed by atoms with Crippen LogP contribution in [0.2, 0.25) is 0 Å². The van der Waals surface area contributed by atoms with E-state index in [4.69, 9.17) is 5.26 Å². The van der Waals surface area contributed by atoms with Crippen molar-refractivity contribution < 1.29 is 18.0 Å². The van der Waals surface area contributed by atoms with Gasteiger partial charge in [-0.25, -0.2) is 0 Å². The van der Waals surface area contributed by atoms with E-state index < -0.39 is 12.0 Å². The fourth-order valence-corrected chi connectivity index (χ4v) is 0.334. The zero-order valence-electron chi connectivity index (χ0n) is 5.85. The first kappa shape index (κ1) is 10.5. The van der Waals surface area contributed by atoms with E-state index in [0.717, 1.165) is 6.20 Å². The van der Waals surface area contributed by atoms with Gasteiger partial charge in [-0.05, 0) is 0 Å². The Bertz CT molecular complexity index is 226. The second-order valence-corrected chi connectivity index (χ2v) is 1.73. The second kappa shape index (κ2) is 4.38. The Kier molecular flexibility index (Phi) is 3.83. The smallest absolute Gasteiger partial charge is 0.378 e. The first-order valence-corrected chi connectivity index (χ1v) is 2.86. The standard InChI is InChI=1S/C6H5F3N2O/c7-6(8,9)5(12)1-3-11-4-2-10/h1,3,11H,4H2/b3-1-. The highest BCUT2D eigenvalue weighted by molar-refractivity contribution is 5.94. The Balaban J connectivity index is 3.87. The molecule has 0 aromatic carbocycles. The first-order valence-electron chi connectivity index (χ1n) is 2.86. The summed E-state index contributed by atoms with van der Waals surface area (Å²) in [5, 5.41) is 10.1. The van der Waals surface area contributed by atoms with Crippen molar-refractivity contribution in [1.82, 2.24) is 5.32 Å². The van der Waals surface area contributed by atoms with E-state index in [0.29, 0.717) is 6.08 Å². The summed E-state index contributed by atoms with van der Waals surface area (Å²) in [4.78, 5) is 10.1. The lowest BCUT2D eigenvalue weighted by Crippen LogP contribution is -2.20. The number of carbonyl (C=O) groups is 1. The number of halogens is 3. The van der Waals surface area contributed by atoms with E-state index in [2.05, 4.69) is 5.32 Å². The van der Waals surface area contributed by atoms with Crippen molar-refractivity contribution in [3.63, 3.8) is 0 Å². The van der Waals surface area contributed by atoms with Gasteiger partial charge in [-0.2, -0.15) is 18.4 Å². The number of nitrogens with one attached hydrogen (secondary N) is 1. The molecule has 66 valence electrons. The van der Waals surface area contributed by atoms with Crippen LogP contribution in [0.1, 0.15) is 0 Å². The molecule has 0 atom stereocenters. The van der Waals surface area contributed by atoms with Crippen LogP contribution in [-0.4, -0.2) is 18.5 Å². The van der Waals surface area contributed by atoms with E-state index >= 15 is 0 Å². The molecule has 0 aromatic rings. The van der Waals surface area contributed by atoms with Gasteiger partial charge < -0.3 is 5.32 Å². The summed E-state index contributed by atoms with van der Waals surface area (Å²) >= 11 is 0. The average Bonchev–Trinajstić information content (AvgIpc) is 1.96. The molecule has 0 aliphatic rings. The number of alkyl halides is 3. The van der Waals surface area contributed by atoms with E-state index in [1.807, 2.05) is 0 Å². The number of nitrogens with zero attached hydrogens (tertiary/aromatic N) is 1. The van der Waals surface area contributed by atoms with Gasteiger partial charge in [-0.15, -0.1) is 0 Å². The fourth-order valence-electron chi connectivity index (χ4n) is 0.334. The number of carbonyl (C=O) groups excluding carboxylic acids is 1. The van der Waals surface area contributed by atoms with Gasteiger partial charge in [0, 0.05) is 12.3 Å². The highest BCUT2D eigenvalue weighted by atomic mass is 19.4. The zero-order valence-corrected chi connectivity index (χ0v) is 5.85. The van der Waals surface area contributed by atoms with Crippen molar-refractivity contribution in [1.29, 1.82) is 5.26 Å². The Hall–Kier alpha value is -1.51. The molecule has 0 bridgehead atoms. The van der Waals surface area contributed by atoms with Gasteiger partial charge in [0.1, 0.15) is 6.54 Å². The van der Waals surface area contributed by atoms with Crippen LogP contribution >= 0.6 is 0 Å². The maximum absolute atomic E-state index is 11.5. The van der Waals surface area contributed by atoms with Crippen molar-refractivity contribution in [3.8, 4) is 6.07 Å². The summed E-state index contributed by atoms with van der Waals surface area (Å²) in [5.74, 6) is -1.95. The highest BCUT2D eigenvalue weighted by Gasteiger charge is 2.35. The molecule has 1 N–H and O–H groups in total. The number of hydrogen-bond donors (Lipinski definition) is 1. The summed E-state index contributed by atoms with van der Waals surface area (Å²) in [6.45, 7) is -0.137. The first-order chi connectivity index (χ1) is 5.48. The minimum atomic E-state index is -4.84. The molecule has 0 heterocycles. The molecule has 6 heteroatoms. The van der Waals surface area contributed by atoms with Crippen molar-refractivity contribution in [2.24, 2.45) is 0 Å². The molecule has 0 aromatic heterocycles. The van der Waals surface area contributed by atoms with Crippen LogP contribution < -0.4 is 5.32 Å². The third-order valence-electron chi connectivity index (χ3n) is 0.813. The van der Waals surface area contributed by atoms with E-state index in [1.165, 1.54) is 0 Å². The number of nitriles is 1. The summed E-state index contributed by atoms with van der Waals surface area (Å²) in [5.41, 5.74) is 0. The molecule has 0 aliphatic heterocycles. The van der Waals surface area contributed by atoms with Crippen LogP contribution in [0.3, 0.4) is 0 Å². The Labute approximate surface area is 66.5 Å². The molecule has 0 rings (SSSR count). The third-order valence-corrected chi connectivity index (χ3v) is 0.813. The zero-order chi connectivity index (χ0) is 9.61. The van der Waals surface area contributed by atoms with Crippen LogP contribution in [0.5, 0.6) is 0 Å². The molecule has 0 radical (unpaired) electrons. The highest BCUT2D eigenvalue weighted by Crippen LogP contribution is 2.15. The van der Waals surface area contributed by atoms with Gasteiger partial charge in [0.15, 0.2) is 0 Å². The van der Waals surface area contributed by atoms with Gasteiger partial charge in [0.2, 0.25) is 0 Å². The lowest BCUT2D eigenvalue weighted by atomic mass is 10.4. The maximum atomic E-state index is 11.5. The second-order valence-electron chi connectivity index (χ2n) is 1.73. The van der Waals surface area contributed by atoms with Crippen LogP contribution in [0, 0.1) is 11.3 Å². The Morgan fingerprint density at radius 1 is 1.58 bits per heavy atom. The molecular weight excluding hydrogens is 173 g/mol. The SMILES string of the molecule is N#CCN/C=C\C(=O)C(F)(F)F. The Morgan fingerprint density at radius 2 is 2.17 bits per heavy atom. The topological polar surface area (TPSA) is 52.9 Å². The number of rotatable bonds is 3. The monoisotopic (exact) mass is 178 g/mol. The summed E-state index contributed by atoms with van der Waals surface area (Å²) in [6.07, 6.45) is -3.72. The van der Waals surface area contributed by atoms with Crippen LogP contribution in [-0.2, 0) is 4.79 Å². The van der Waals surface area contributed by atoms with Crippen molar-refractivity contribution in [2.75, 3.05) is 6.54 Å². The normalized spacial score (nSPS) is 11.2. The fraction of sp³-hybridized carbons (Fsp3) is 0.333. The molecular formula is C6H5F3N2O. The molecule has 0 unspecified atom stereocenters. The molecule has 12 heavy (non-hydrogen) atoms. The van der Waals surface area contributed by atoms with Gasteiger partial charge in [-0.1, -0.05) is 0 Å². The minimum Gasteiger partial charge on any atom is -0.378 e. The van der Waals surface area contributed by atoms with Gasteiger partial charge in [0.05, 0.1) is 6.07 Å². The minimum absolute atomic E-state index is 0.137. The predicted molar refractivity (Wildman–Crippen MR) is 33.8 cm³/mol. The maximum Gasteiger partial charge on any atom is 0.454 e. The largest absolute Gasteiger partial charge is 0.454 e. The molecule has 0 spiro atoms. The molecule has 0 aliphatic carbocycles. The lowest BCUT2D eigenvalue weighted by Gasteiger charge is -1.98. The van der Waals surface area contributed by atoms with Crippen molar-refractivity contribution in [2.45, 2.75) is 6.18 Å². The van der Waals surface area contributed by atoms with Crippen LogP contribution in [0.25, 0.3) is 0 Å². The van der Waals surface area contributed by atoms with Crippen LogP contribution in [0.4, 0.5) is 13.2 Å². The number of hydrogen-bond acceptors (Lipinski definition) is 3. The average molecular weight is 178 g/mol. The molecule has 0 amide bonds. The number of allylic oxidation sites excluding steroid dienone is 1. The summed E-state index contributed by atoms with van der Waals surface area (Å²) in [6, 6.07) is 1.63. The van der Waals surface area contributed by atoms with E-state index in [9.17, 15) is 18.0 Å². The van der Waals surface area contributed by atoms with Gasteiger partial charge >= 0.3 is 6.18 Å². The Morgan fingerprint density at radius 3 is 2.58 bits per heavy atom. The van der Waals surface area contributed by atoms with E-state index in [1.54, 1.807) is 6.07 Å². The quantitative estimate of drug-likeness (QED) is 0.394. The predicted octanol–water partition coefficient (Wildman–Crippen LogP) is 0.745. The van der Waals surface area contributed by atoms with Crippen molar-refractivity contribution >= 4 is 5.78 Å². The van der Waals surface area contributed by atoms with Gasteiger partial charge in [-0.3, -0.25) is 4.79 Å². The van der Waals surface area contributed by atoms with Crippen LogP contribution in [0.15, 0.2) is 12.3 Å². The molecule has 0 fully saturated rings. The van der Waals surface area contributed by atoms with Gasteiger partial charge in [0.25, 0.3) is 5.78 Å².